The Morgan fingerprint density at radius 1 is 1.82 bits per heavy atom. The van der Waals surface area contributed by atoms with Crippen LogP contribution >= 0.6 is 23.1 Å². The van der Waals surface area contributed by atoms with Crippen molar-refractivity contribution in [2.75, 3.05) is 13.7 Å². The van der Waals surface area contributed by atoms with Crippen LogP contribution in [-0.2, 0) is 11.2 Å². The molecule has 0 bridgehead atoms. The number of nitrogens with zero attached hydrogens (tertiary/aromatic N) is 2. The van der Waals surface area contributed by atoms with Crippen molar-refractivity contribution in [3.05, 3.63) is 11.3 Å². The molecule has 0 radical (unpaired) electrons. The number of hydrogen-bond acceptors (Lipinski definition) is 4. The Bertz CT molecular complexity index is 192. The van der Waals surface area contributed by atoms with Crippen LogP contribution in [0.3, 0.4) is 0 Å². The zero-order valence-corrected chi connectivity index (χ0v) is 7.73. The summed E-state index contributed by atoms with van der Waals surface area (Å²) >= 11 is 7.26. The van der Waals surface area contributed by atoms with Crippen LogP contribution in [0.5, 0.6) is 0 Å². The second kappa shape index (κ2) is 4.64. The van der Waals surface area contributed by atoms with Crippen molar-refractivity contribution < 1.29 is 4.74 Å². The first kappa shape index (κ1) is 8.90. The summed E-state index contributed by atoms with van der Waals surface area (Å²) in [6, 6.07) is 0. The van der Waals surface area contributed by atoms with Crippen LogP contribution in [0.25, 0.3) is 0 Å². The van der Waals surface area contributed by atoms with Crippen LogP contribution in [0, 0.1) is 0 Å². The second-order valence-electron chi connectivity index (χ2n) is 2.09. The second-order valence-corrected chi connectivity index (χ2v) is 3.57. The van der Waals surface area contributed by atoms with Gasteiger partial charge in [0, 0.05) is 13.5 Å². The summed E-state index contributed by atoms with van der Waals surface area (Å²) in [4.78, 5) is 4.01. The number of ether oxygens (including phenoxy) is 1. The molecule has 5 heteroatoms. The monoisotopic (exact) mass is 192 g/mol. The molecular weight excluding hydrogens is 184 g/mol. The first-order valence-electron chi connectivity index (χ1n) is 3.21. The van der Waals surface area contributed by atoms with E-state index in [1.54, 1.807) is 7.11 Å². The number of halogens is 1. The van der Waals surface area contributed by atoms with E-state index in [4.69, 9.17) is 16.3 Å². The number of rotatable bonds is 4. The Hall–Kier alpha value is -0.190. The molecule has 1 aromatic rings. The van der Waals surface area contributed by atoms with Crippen molar-refractivity contribution in [1.29, 1.82) is 0 Å². The molecule has 0 aromatic carbocycles. The summed E-state index contributed by atoms with van der Waals surface area (Å²) in [6.07, 6.45) is 2.27. The molecule has 0 saturated heterocycles. The summed E-state index contributed by atoms with van der Waals surface area (Å²) in [5, 5.41) is 0.968. The van der Waals surface area contributed by atoms with Gasteiger partial charge in [0.25, 0.3) is 0 Å². The minimum Gasteiger partial charge on any atom is -0.383 e. The van der Waals surface area contributed by atoms with Gasteiger partial charge in [-0.05, 0) is 11.5 Å². The van der Waals surface area contributed by atoms with E-state index in [-0.39, 0.29) is 5.38 Å². The van der Waals surface area contributed by atoms with Crippen molar-refractivity contribution >= 4 is 23.1 Å². The Balaban J connectivity index is 2.31. The minimum absolute atomic E-state index is 0.00736. The zero-order chi connectivity index (χ0) is 8.10. The Kier molecular flexibility index (Phi) is 3.76. The van der Waals surface area contributed by atoms with Crippen molar-refractivity contribution in [2.45, 2.75) is 11.8 Å². The highest BCUT2D eigenvalue weighted by Gasteiger charge is 2.06. The molecule has 0 fully saturated rings. The topological polar surface area (TPSA) is 35.0 Å². The maximum Gasteiger partial charge on any atom is 0.129 e. The fourth-order valence-corrected chi connectivity index (χ4v) is 1.66. The third kappa shape index (κ3) is 3.14. The van der Waals surface area contributed by atoms with E-state index in [0.29, 0.717) is 6.61 Å². The van der Waals surface area contributed by atoms with Crippen LogP contribution < -0.4 is 0 Å². The predicted octanol–water partition coefficient (Wildman–Crippen LogP) is 1.33. The summed E-state index contributed by atoms with van der Waals surface area (Å²) in [5.41, 5.74) is 0. The fraction of sp³-hybridized carbons (Fsp3) is 0.667. The number of aromatic nitrogens is 2. The maximum absolute atomic E-state index is 5.89. The van der Waals surface area contributed by atoms with E-state index in [0.717, 1.165) is 11.4 Å². The minimum atomic E-state index is 0.00736. The van der Waals surface area contributed by atoms with Crippen molar-refractivity contribution in [3.63, 3.8) is 0 Å². The first-order chi connectivity index (χ1) is 5.33. The maximum atomic E-state index is 5.89. The molecule has 0 aliphatic rings. The molecule has 1 unspecified atom stereocenters. The molecule has 1 aromatic heterocycles. The predicted molar refractivity (Wildman–Crippen MR) is 45.1 cm³/mol. The quantitative estimate of drug-likeness (QED) is 0.676. The molecule has 0 aliphatic carbocycles. The lowest BCUT2D eigenvalue weighted by Gasteiger charge is -2.03. The molecule has 0 amide bonds. The van der Waals surface area contributed by atoms with E-state index in [9.17, 15) is 0 Å². The van der Waals surface area contributed by atoms with Gasteiger partial charge >= 0.3 is 0 Å². The summed E-state index contributed by atoms with van der Waals surface area (Å²) in [5.74, 6) is 0. The lowest BCUT2D eigenvalue weighted by molar-refractivity contribution is 0.197. The average molecular weight is 193 g/mol. The molecule has 62 valence electrons. The van der Waals surface area contributed by atoms with Gasteiger partial charge in [0.1, 0.15) is 11.3 Å². The summed E-state index contributed by atoms with van der Waals surface area (Å²) < 4.78 is 8.74. The zero-order valence-electron chi connectivity index (χ0n) is 6.16. The molecule has 1 heterocycles. The molecule has 0 spiro atoms. The van der Waals surface area contributed by atoms with Gasteiger partial charge in [0.15, 0.2) is 0 Å². The first-order valence-corrected chi connectivity index (χ1v) is 4.42. The lowest BCUT2D eigenvalue weighted by Crippen LogP contribution is -2.10. The fourth-order valence-electron chi connectivity index (χ4n) is 0.715. The Morgan fingerprint density at radius 2 is 2.64 bits per heavy atom. The molecule has 1 atom stereocenters. The highest BCUT2D eigenvalue weighted by molar-refractivity contribution is 7.05. The SMILES string of the molecule is COCC(Cl)Cc1ncns1. The number of methoxy groups -OCH3 is 1. The number of alkyl halides is 1. The van der Waals surface area contributed by atoms with Crippen LogP contribution in [0.1, 0.15) is 5.01 Å². The summed E-state index contributed by atoms with van der Waals surface area (Å²) in [6.45, 7) is 0.557. The van der Waals surface area contributed by atoms with Gasteiger partial charge < -0.3 is 4.74 Å². The van der Waals surface area contributed by atoms with E-state index < -0.39 is 0 Å². The van der Waals surface area contributed by atoms with Gasteiger partial charge in [-0.2, -0.15) is 4.37 Å². The smallest absolute Gasteiger partial charge is 0.129 e. The van der Waals surface area contributed by atoms with E-state index in [2.05, 4.69) is 9.36 Å². The highest BCUT2D eigenvalue weighted by Crippen LogP contribution is 2.08. The normalized spacial score (nSPS) is 13.3. The van der Waals surface area contributed by atoms with Gasteiger partial charge in [-0.1, -0.05) is 0 Å². The third-order valence-corrected chi connectivity index (χ3v) is 2.11. The van der Waals surface area contributed by atoms with Crippen molar-refractivity contribution in [3.8, 4) is 0 Å². The van der Waals surface area contributed by atoms with E-state index in [1.165, 1.54) is 17.9 Å². The van der Waals surface area contributed by atoms with E-state index in [1.807, 2.05) is 0 Å². The standard InChI is InChI=1S/C6H9ClN2OS/c1-10-3-5(7)2-6-8-4-9-11-6/h4-5H,2-3H2,1H3. The van der Waals surface area contributed by atoms with Gasteiger partial charge in [-0.3, -0.25) is 0 Å². The van der Waals surface area contributed by atoms with Gasteiger partial charge in [-0.25, -0.2) is 4.98 Å². The van der Waals surface area contributed by atoms with Crippen molar-refractivity contribution in [1.82, 2.24) is 9.36 Å². The summed E-state index contributed by atoms with van der Waals surface area (Å²) in [7, 11) is 1.63. The van der Waals surface area contributed by atoms with Crippen LogP contribution in [0.4, 0.5) is 0 Å². The van der Waals surface area contributed by atoms with Gasteiger partial charge in [0.2, 0.25) is 0 Å². The lowest BCUT2D eigenvalue weighted by atomic mass is 10.3. The molecule has 0 saturated carbocycles. The highest BCUT2D eigenvalue weighted by atomic mass is 35.5. The molecule has 3 nitrogen and oxygen atoms in total. The molecule has 0 N–H and O–H groups in total. The van der Waals surface area contributed by atoms with Crippen LogP contribution in [0.2, 0.25) is 0 Å². The van der Waals surface area contributed by atoms with Gasteiger partial charge in [0.05, 0.1) is 12.0 Å². The van der Waals surface area contributed by atoms with Crippen LogP contribution in [-0.4, -0.2) is 28.5 Å². The molecule has 11 heavy (non-hydrogen) atoms. The Morgan fingerprint density at radius 3 is 3.18 bits per heavy atom. The molecule has 0 aliphatic heterocycles. The molecular formula is C6H9ClN2OS. The average Bonchev–Trinajstić information content (AvgIpc) is 2.40. The third-order valence-electron chi connectivity index (χ3n) is 1.15. The van der Waals surface area contributed by atoms with Gasteiger partial charge in [-0.15, -0.1) is 11.6 Å². The Labute approximate surface area is 74.5 Å². The van der Waals surface area contributed by atoms with Crippen LogP contribution in [0.15, 0.2) is 6.33 Å². The van der Waals surface area contributed by atoms with Crippen molar-refractivity contribution in [2.24, 2.45) is 0 Å². The number of hydrogen-bond donors (Lipinski definition) is 0. The molecule has 1 rings (SSSR count). The largest absolute Gasteiger partial charge is 0.383 e. The van der Waals surface area contributed by atoms with E-state index >= 15 is 0 Å².